The molecule has 1 aromatic carbocycles. The number of amides is 1. The van der Waals surface area contributed by atoms with Crippen LogP contribution in [-0.2, 0) is 7.05 Å². The van der Waals surface area contributed by atoms with Crippen molar-refractivity contribution in [3.63, 3.8) is 0 Å². The summed E-state index contributed by atoms with van der Waals surface area (Å²) in [5.74, 6) is -2.52. The van der Waals surface area contributed by atoms with Gasteiger partial charge in [0.1, 0.15) is 11.5 Å². The minimum Gasteiger partial charge on any atom is -0.478 e. The zero-order valence-electron chi connectivity index (χ0n) is 9.92. The van der Waals surface area contributed by atoms with Gasteiger partial charge in [0.15, 0.2) is 0 Å². The van der Waals surface area contributed by atoms with Crippen LogP contribution in [-0.4, -0.2) is 26.5 Å². The first-order valence-corrected chi connectivity index (χ1v) is 5.29. The lowest BCUT2D eigenvalue weighted by molar-refractivity contribution is 0.0696. The molecule has 98 valence electrons. The monoisotopic (exact) mass is 263 g/mol. The van der Waals surface area contributed by atoms with Gasteiger partial charge in [-0.15, -0.1) is 0 Å². The van der Waals surface area contributed by atoms with Crippen LogP contribution in [0, 0.1) is 5.82 Å². The van der Waals surface area contributed by atoms with Crippen molar-refractivity contribution in [2.75, 3.05) is 5.32 Å². The first-order valence-electron chi connectivity index (χ1n) is 5.29. The second-order valence-electron chi connectivity index (χ2n) is 3.88. The molecule has 1 heterocycles. The number of carbonyl (C=O) groups is 2. The lowest BCUT2D eigenvalue weighted by atomic mass is 10.2. The highest BCUT2D eigenvalue weighted by Gasteiger charge is 2.13. The summed E-state index contributed by atoms with van der Waals surface area (Å²) >= 11 is 0. The fraction of sp³-hybridized carbons (Fsp3) is 0.0833. The second kappa shape index (κ2) is 4.89. The number of aromatic carboxylic acids is 1. The van der Waals surface area contributed by atoms with Crippen LogP contribution in [0.2, 0.25) is 0 Å². The zero-order chi connectivity index (χ0) is 14.0. The summed E-state index contributed by atoms with van der Waals surface area (Å²) in [6, 6.07) is 3.16. The average Bonchev–Trinajstić information content (AvgIpc) is 2.78. The number of aromatic nitrogens is 2. The molecule has 7 heteroatoms. The lowest BCUT2D eigenvalue weighted by Crippen LogP contribution is -2.14. The molecule has 19 heavy (non-hydrogen) atoms. The average molecular weight is 263 g/mol. The van der Waals surface area contributed by atoms with Gasteiger partial charge in [-0.1, -0.05) is 0 Å². The van der Waals surface area contributed by atoms with Crippen LogP contribution in [0.5, 0.6) is 0 Å². The molecule has 0 aliphatic carbocycles. The minimum atomic E-state index is -1.20. The topological polar surface area (TPSA) is 84.2 Å². The van der Waals surface area contributed by atoms with E-state index in [0.29, 0.717) is 0 Å². The van der Waals surface area contributed by atoms with E-state index in [-0.39, 0.29) is 16.9 Å². The SMILES string of the molecule is Cn1cnc(C(=O)Nc2cc(C(=O)O)ccc2F)c1. The predicted molar refractivity (Wildman–Crippen MR) is 64.5 cm³/mol. The van der Waals surface area contributed by atoms with Crippen molar-refractivity contribution >= 4 is 17.6 Å². The second-order valence-corrected chi connectivity index (χ2v) is 3.88. The summed E-state index contributed by atoms with van der Waals surface area (Å²) in [7, 11) is 1.69. The van der Waals surface area contributed by atoms with Crippen molar-refractivity contribution in [1.29, 1.82) is 0 Å². The number of hydrogen-bond acceptors (Lipinski definition) is 3. The normalized spacial score (nSPS) is 10.2. The van der Waals surface area contributed by atoms with Crippen molar-refractivity contribution in [3.8, 4) is 0 Å². The van der Waals surface area contributed by atoms with E-state index in [9.17, 15) is 14.0 Å². The lowest BCUT2D eigenvalue weighted by Gasteiger charge is -2.05. The number of nitrogens with zero attached hydrogens (tertiary/aromatic N) is 2. The number of benzene rings is 1. The van der Waals surface area contributed by atoms with Crippen LogP contribution in [0.4, 0.5) is 10.1 Å². The summed E-state index contributed by atoms with van der Waals surface area (Å²) in [6.45, 7) is 0. The largest absolute Gasteiger partial charge is 0.478 e. The van der Waals surface area contributed by atoms with Gasteiger partial charge in [0.25, 0.3) is 5.91 Å². The fourth-order valence-electron chi connectivity index (χ4n) is 1.47. The first-order chi connectivity index (χ1) is 8.97. The van der Waals surface area contributed by atoms with Crippen LogP contribution in [0.25, 0.3) is 0 Å². The van der Waals surface area contributed by atoms with Crippen LogP contribution in [0.15, 0.2) is 30.7 Å². The maximum absolute atomic E-state index is 13.5. The van der Waals surface area contributed by atoms with Gasteiger partial charge >= 0.3 is 5.97 Å². The summed E-state index contributed by atoms with van der Waals surface area (Å²) in [4.78, 5) is 26.3. The molecule has 0 aliphatic rings. The van der Waals surface area contributed by atoms with Crippen LogP contribution >= 0.6 is 0 Å². The van der Waals surface area contributed by atoms with E-state index in [0.717, 1.165) is 18.2 Å². The molecule has 0 saturated heterocycles. The zero-order valence-corrected chi connectivity index (χ0v) is 9.92. The van der Waals surface area contributed by atoms with Crippen LogP contribution < -0.4 is 5.32 Å². The molecule has 2 rings (SSSR count). The van der Waals surface area contributed by atoms with E-state index in [2.05, 4.69) is 10.3 Å². The van der Waals surface area contributed by atoms with Gasteiger partial charge in [-0.3, -0.25) is 4.79 Å². The molecule has 0 atom stereocenters. The highest BCUT2D eigenvalue weighted by Crippen LogP contribution is 2.17. The Bertz CT molecular complexity index is 651. The Kier molecular flexibility index (Phi) is 3.28. The van der Waals surface area contributed by atoms with Crippen LogP contribution in [0.3, 0.4) is 0 Å². The number of carboxylic acids is 1. The van der Waals surface area contributed by atoms with Gasteiger partial charge in [-0.25, -0.2) is 14.2 Å². The molecule has 1 aromatic heterocycles. The molecular weight excluding hydrogens is 253 g/mol. The third kappa shape index (κ3) is 2.76. The third-order valence-corrected chi connectivity index (χ3v) is 2.40. The van der Waals surface area contributed by atoms with Crippen molar-refractivity contribution in [1.82, 2.24) is 9.55 Å². The number of aryl methyl sites for hydroxylation is 1. The number of hydrogen-bond donors (Lipinski definition) is 2. The quantitative estimate of drug-likeness (QED) is 0.879. The highest BCUT2D eigenvalue weighted by molar-refractivity contribution is 6.03. The molecule has 2 aromatic rings. The molecule has 1 amide bonds. The summed E-state index contributed by atoms with van der Waals surface area (Å²) in [5, 5.41) is 11.1. The smallest absolute Gasteiger partial charge is 0.335 e. The number of carbonyl (C=O) groups excluding carboxylic acids is 1. The molecular formula is C12H10FN3O3. The number of halogens is 1. The van der Waals surface area contributed by atoms with Crippen molar-refractivity contribution < 1.29 is 19.1 Å². The number of rotatable bonds is 3. The van der Waals surface area contributed by atoms with E-state index in [1.54, 1.807) is 11.6 Å². The first kappa shape index (κ1) is 12.7. The fourth-order valence-corrected chi connectivity index (χ4v) is 1.47. The summed E-state index contributed by atoms with van der Waals surface area (Å²) < 4.78 is 15.0. The molecule has 0 saturated carbocycles. The van der Waals surface area contributed by atoms with Crippen LogP contribution in [0.1, 0.15) is 20.8 Å². The van der Waals surface area contributed by atoms with Crippen molar-refractivity contribution in [2.45, 2.75) is 0 Å². The van der Waals surface area contributed by atoms with Gasteiger partial charge in [-0.05, 0) is 18.2 Å². The molecule has 0 spiro atoms. The Morgan fingerprint density at radius 2 is 2.16 bits per heavy atom. The van der Waals surface area contributed by atoms with E-state index in [1.807, 2.05) is 0 Å². The van der Waals surface area contributed by atoms with E-state index in [1.165, 1.54) is 12.5 Å². The maximum atomic E-state index is 13.5. The standard InChI is InChI=1S/C12H10FN3O3/c1-16-5-10(14-6-16)11(17)15-9-4-7(12(18)19)2-3-8(9)13/h2-6H,1H3,(H,15,17)(H,18,19). The van der Waals surface area contributed by atoms with E-state index < -0.39 is 17.7 Å². The van der Waals surface area contributed by atoms with Gasteiger partial charge in [0.2, 0.25) is 0 Å². The Morgan fingerprint density at radius 3 is 2.74 bits per heavy atom. The number of anilines is 1. The van der Waals surface area contributed by atoms with Crippen molar-refractivity contribution in [2.24, 2.45) is 7.05 Å². The summed E-state index contributed by atoms with van der Waals surface area (Å²) in [5.41, 5.74) is -0.198. The van der Waals surface area contributed by atoms with E-state index in [4.69, 9.17) is 5.11 Å². The highest BCUT2D eigenvalue weighted by atomic mass is 19.1. The minimum absolute atomic E-state index is 0.113. The van der Waals surface area contributed by atoms with Gasteiger partial charge in [0.05, 0.1) is 17.6 Å². The van der Waals surface area contributed by atoms with Gasteiger partial charge in [0, 0.05) is 13.2 Å². The number of carboxylic acid groups (broad SMARTS) is 1. The third-order valence-electron chi connectivity index (χ3n) is 2.40. The number of imidazole rings is 1. The number of nitrogens with one attached hydrogen (secondary N) is 1. The van der Waals surface area contributed by atoms with Crippen molar-refractivity contribution in [3.05, 3.63) is 47.8 Å². The molecule has 6 nitrogen and oxygen atoms in total. The Balaban J connectivity index is 2.25. The molecule has 0 radical (unpaired) electrons. The molecule has 0 unspecified atom stereocenters. The van der Waals surface area contributed by atoms with E-state index >= 15 is 0 Å². The summed E-state index contributed by atoms with van der Waals surface area (Å²) in [6.07, 6.45) is 2.90. The Hall–Kier alpha value is -2.70. The molecule has 0 fully saturated rings. The Labute approximate surface area is 107 Å². The van der Waals surface area contributed by atoms with Gasteiger partial charge in [-0.2, -0.15) is 0 Å². The molecule has 2 N–H and O–H groups in total. The molecule has 0 bridgehead atoms. The maximum Gasteiger partial charge on any atom is 0.335 e. The molecule has 0 aliphatic heterocycles. The van der Waals surface area contributed by atoms with Gasteiger partial charge < -0.3 is 15.0 Å². The Morgan fingerprint density at radius 1 is 1.42 bits per heavy atom. The predicted octanol–water partition coefficient (Wildman–Crippen LogP) is 1.51.